The van der Waals surface area contributed by atoms with Gasteiger partial charge in [-0.15, -0.1) is 0 Å². The first-order chi connectivity index (χ1) is 20.8. The Balaban J connectivity index is 2.78. The van der Waals surface area contributed by atoms with Crippen LogP contribution in [-0.2, 0) is 51.9 Å². The maximum absolute atomic E-state index is 12.1. The minimum Gasteiger partial charge on any atom is -0.463 e. The molecule has 0 aromatic carbocycles. The van der Waals surface area contributed by atoms with Crippen LogP contribution in [0.15, 0.2) is 0 Å². The molecule has 1 saturated heterocycles. The third-order valence-electron chi connectivity index (χ3n) is 6.26. The standard InChI is InChI=1S/C29H50N3O11P/c1-19(2)32(20(3)4)44(40-17-13-14-30)39-16-12-10-9-11-15-37-29-26(31-21(5)33)28(42-24(8)36)27(41-23(7)35)25(43-29)18-38-22(6)34/h19-20,25-29H,9-13,15-18H2,1-8H3,(H,31,33)/t25-,26-,27+,28-,29-,44?/m1/s1. The molecule has 252 valence electrons. The SMILES string of the molecule is CC(=O)N[C@H]1[C@H](OCCCCCCOP(OCCC#N)N(C(C)C)C(C)C)O[C@H](COC(C)=O)[C@H](OC(C)=O)[C@@H]1OC(C)=O. The molecule has 44 heavy (non-hydrogen) atoms. The van der Waals surface area contributed by atoms with Crippen molar-refractivity contribution in [3.8, 4) is 6.07 Å². The fourth-order valence-electron chi connectivity index (χ4n) is 4.65. The van der Waals surface area contributed by atoms with Crippen LogP contribution in [0.25, 0.3) is 0 Å². The highest BCUT2D eigenvalue weighted by Gasteiger charge is 2.51. The van der Waals surface area contributed by atoms with Crippen LogP contribution in [0.2, 0.25) is 0 Å². The Morgan fingerprint density at radius 2 is 1.41 bits per heavy atom. The normalized spacial score (nSPS) is 22.4. The second-order valence-corrected chi connectivity index (χ2v) is 12.3. The number of carbonyl (C=O) groups is 4. The van der Waals surface area contributed by atoms with Gasteiger partial charge in [-0.25, -0.2) is 4.67 Å². The summed E-state index contributed by atoms with van der Waals surface area (Å²) in [5.41, 5.74) is 0. The smallest absolute Gasteiger partial charge is 0.303 e. The van der Waals surface area contributed by atoms with Gasteiger partial charge in [0.05, 0.1) is 25.7 Å². The van der Waals surface area contributed by atoms with Gasteiger partial charge in [0.25, 0.3) is 8.53 Å². The Kier molecular flexibility index (Phi) is 19.2. The Labute approximate surface area is 262 Å². The van der Waals surface area contributed by atoms with E-state index >= 15 is 0 Å². The van der Waals surface area contributed by atoms with Crippen molar-refractivity contribution in [1.29, 1.82) is 5.26 Å². The number of ether oxygens (including phenoxy) is 5. The average Bonchev–Trinajstić information content (AvgIpc) is 2.90. The summed E-state index contributed by atoms with van der Waals surface area (Å²) in [7, 11) is -1.29. The van der Waals surface area contributed by atoms with Crippen LogP contribution in [0, 0.1) is 11.3 Å². The van der Waals surface area contributed by atoms with Gasteiger partial charge in [-0.1, -0.05) is 12.8 Å². The lowest BCUT2D eigenvalue weighted by Crippen LogP contribution is -2.66. The second kappa shape index (κ2) is 21.4. The van der Waals surface area contributed by atoms with Gasteiger partial charge in [0, 0.05) is 46.4 Å². The van der Waals surface area contributed by atoms with Gasteiger partial charge in [-0.3, -0.25) is 19.2 Å². The number of hydrogen-bond acceptors (Lipinski definition) is 13. The minimum atomic E-state index is -1.29. The van der Waals surface area contributed by atoms with Crippen molar-refractivity contribution in [1.82, 2.24) is 9.99 Å². The zero-order valence-electron chi connectivity index (χ0n) is 27.2. The maximum atomic E-state index is 12.1. The third kappa shape index (κ3) is 15.1. The van der Waals surface area contributed by atoms with Crippen LogP contribution in [-0.4, -0.2) is 97.6 Å². The summed E-state index contributed by atoms with van der Waals surface area (Å²) >= 11 is 0. The van der Waals surface area contributed by atoms with E-state index in [4.69, 9.17) is 38.0 Å². The molecule has 0 radical (unpaired) electrons. The molecule has 1 fully saturated rings. The lowest BCUT2D eigenvalue weighted by Gasteiger charge is -2.44. The van der Waals surface area contributed by atoms with Crippen LogP contribution < -0.4 is 5.32 Å². The highest BCUT2D eigenvalue weighted by Crippen LogP contribution is 2.46. The first-order valence-electron chi connectivity index (χ1n) is 15.0. The highest BCUT2D eigenvalue weighted by molar-refractivity contribution is 7.44. The van der Waals surface area contributed by atoms with E-state index in [-0.39, 0.29) is 25.3 Å². The predicted octanol–water partition coefficient (Wildman–Crippen LogP) is 3.51. The van der Waals surface area contributed by atoms with Gasteiger partial charge in [-0.2, -0.15) is 5.26 Å². The largest absolute Gasteiger partial charge is 0.463 e. The number of carbonyl (C=O) groups excluding carboxylic acids is 4. The Bertz CT molecular complexity index is 938. The van der Waals surface area contributed by atoms with Crippen molar-refractivity contribution < 1.29 is 51.9 Å². The Hall–Kier alpha value is -2.40. The van der Waals surface area contributed by atoms with Crippen LogP contribution in [0.4, 0.5) is 0 Å². The van der Waals surface area contributed by atoms with Crippen LogP contribution in [0.5, 0.6) is 0 Å². The maximum Gasteiger partial charge on any atom is 0.303 e. The zero-order valence-corrected chi connectivity index (χ0v) is 28.1. The van der Waals surface area contributed by atoms with Gasteiger partial charge < -0.3 is 38.0 Å². The van der Waals surface area contributed by atoms with Gasteiger partial charge in [-0.05, 0) is 40.5 Å². The van der Waals surface area contributed by atoms with E-state index in [1.54, 1.807) is 0 Å². The molecule has 1 N–H and O–H groups in total. The summed E-state index contributed by atoms with van der Waals surface area (Å²) in [5, 5.41) is 11.6. The lowest BCUT2D eigenvalue weighted by atomic mass is 9.96. The van der Waals surface area contributed by atoms with Crippen molar-refractivity contribution in [2.75, 3.05) is 26.4 Å². The van der Waals surface area contributed by atoms with Gasteiger partial charge in [0.15, 0.2) is 18.5 Å². The number of nitrogens with one attached hydrogen (secondary N) is 1. The fraction of sp³-hybridized carbons (Fsp3) is 0.828. The number of hydrogen-bond donors (Lipinski definition) is 1. The van der Waals surface area contributed by atoms with E-state index in [9.17, 15) is 19.2 Å². The third-order valence-corrected chi connectivity index (χ3v) is 8.36. The Morgan fingerprint density at radius 3 is 1.93 bits per heavy atom. The zero-order chi connectivity index (χ0) is 33.2. The molecule has 1 rings (SSSR count). The summed E-state index contributed by atoms with van der Waals surface area (Å²) in [6.07, 6.45) is -0.988. The van der Waals surface area contributed by atoms with Crippen molar-refractivity contribution in [2.24, 2.45) is 0 Å². The molecule has 1 aliphatic rings. The monoisotopic (exact) mass is 647 g/mol. The molecule has 1 heterocycles. The summed E-state index contributed by atoms with van der Waals surface area (Å²) in [5.74, 6) is -2.35. The summed E-state index contributed by atoms with van der Waals surface area (Å²) in [4.78, 5) is 47.4. The highest BCUT2D eigenvalue weighted by atomic mass is 31.2. The van der Waals surface area contributed by atoms with Crippen LogP contribution in [0.1, 0.15) is 87.5 Å². The summed E-state index contributed by atoms with van der Waals surface area (Å²) < 4.78 is 42.2. The predicted molar refractivity (Wildman–Crippen MR) is 160 cm³/mol. The molecule has 0 bridgehead atoms. The molecule has 0 aliphatic carbocycles. The molecular formula is C29H50N3O11P. The molecule has 0 saturated carbocycles. The van der Waals surface area contributed by atoms with E-state index in [2.05, 4.69) is 43.8 Å². The van der Waals surface area contributed by atoms with Crippen molar-refractivity contribution in [2.45, 2.75) is 130 Å². The topological polar surface area (TPSA) is 172 Å². The van der Waals surface area contributed by atoms with E-state index in [1.807, 2.05) is 0 Å². The number of amides is 1. The number of rotatable bonds is 20. The number of esters is 3. The summed E-state index contributed by atoms with van der Waals surface area (Å²) in [6, 6.07) is 1.55. The summed E-state index contributed by atoms with van der Waals surface area (Å²) in [6.45, 7) is 14.0. The van der Waals surface area contributed by atoms with Gasteiger partial charge in [0.1, 0.15) is 18.8 Å². The second-order valence-electron chi connectivity index (χ2n) is 10.9. The number of nitriles is 1. The van der Waals surface area contributed by atoms with Gasteiger partial charge >= 0.3 is 17.9 Å². The molecule has 0 aromatic heterocycles. The quantitative estimate of drug-likeness (QED) is 0.0881. The molecule has 14 nitrogen and oxygen atoms in total. The molecule has 0 spiro atoms. The van der Waals surface area contributed by atoms with Crippen molar-refractivity contribution >= 4 is 32.3 Å². The first kappa shape index (κ1) is 39.6. The first-order valence-corrected chi connectivity index (χ1v) is 16.1. The lowest BCUT2D eigenvalue weighted by molar-refractivity contribution is -0.277. The Morgan fingerprint density at radius 1 is 0.841 bits per heavy atom. The van der Waals surface area contributed by atoms with E-state index in [1.165, 1.54) is 27.7 Å². The van der Waals surface area contributed by atoms with E-state index in [0.717, 1.165) is 19.3 Å². The molecule has 1 unspecified atom stereocenters. The minimum absolute atomic E-state index is 0.224. The van der Waals surface area contributed by atoms with Crippen molar-refractivity contribution in [3.63, 3.8) is 0 Å². The molecule has 1 aliphatic heterocycles. The number of nitrogens with zero attached hydrogens (tertiary/aromatic N) is 2. The molecule has 15 heteroatoms. The van der Waals surface area contributed by atoms with Crippen LogP contribution in [0.3, 0.4) is 0 Å². The molecular weight excluding hydrogens is 597 g/mol. The molecule has 6 atom stereocenters. The van der Waals surface area contributed by atoms with E-state index < -0.39 is 63.0 Å². The van der Waals surface area contributed by atoms with Crippen molar-refractivity contribution in [3.05, 3.63) is 0 Å². The van der Waals surface area contributed by atoms with Crippen LogP contribution >= 0.6 is 8.53 Å². The molecule has 1 amide bonds. The van der Waals surface area contributed by atoms with E-state index in [0.29, 0.717) is 26.1 Å². The number of unbranched alkanes of at least 4 members (excludes halogenated alkanes) is 3. The average molecular weight is 648 g/mol. The van der Waals surface area contributed by atoms with Gasteiger partial charge in [0.2, 0.25) is 5.91 Å². The molecule has 0 aromatic rings. The fourth-order valence-corrected chi connectivity index (χ4v) is 6.27.